The third-order valence-corrected chi connectivity index (χ3v) is 3.95. The van der Waals surface area contributed by atoms with Gasteiger partial charge < -0.3 is 5.11 Å². The fraction of sp³-hybridized carbons (Fsp3) is 0.176. The van der Waals surface area contributed by atoms with Crippen molar-refractivity contribution in [3.05, 3.63) is 54.5 Å². The molecule has 0 saturated carbocycles. The molecule has 1 aromatic carbocycles. The van der Waals surface area contributed by atoms with E-state index in [1.165, 1.54) is 11.3 Å². The first-order valence-corrected chi connectivity index (χ1v) is 7.12. The van der Waals surface area contributed by atoms with E-state index in [9.17, 15) is 5.11 Å². The molecule has 0 aliphatic carbocycles. The molecule has 2 aromatic heterocycles. The first-order chi connectivity index (χ1) is 10.3. The molecule has 1 aliphatic rings. The Hall–Kier alpha value is -2.62. The fourth-order valence-electron chi connectivity index (χ4n) is 2.98. The van der Waals surface area contributed by atoms with Gasteiger partial charge in [-0.2, -0.15) is 5.10 Å². The van der Waals surface area contributed by atoms with Crippen molar-refractivity contribution in [2.24, 2.45) is 0 Å². The molecule has 0 bridgehead atoms. The fourth-order valence-corrected chi connectivity index (χ4v) is 2.98. The Morgan fingerprint density at radius 2 is 1.71 bits per heavy atom. The second-order valence-corrected chi connectivity index (χ2v) is 5.28. The van der Waals surface area contributed by atoms with Crippen LogP contribution in [0.15, 0.2) is 48.8 Å². The molecular weight excluding hydrogens is 262 g/mol. The molecule has 0 atom stereocenters. The number of phenols is 1. The SMILES string of the molecule is Oc1ccc(-c2c(-c3ccncc3)nn3c2CCC3)cc1. The van der Waals surface area contributed by atoms with Crippen LogP contribution in [0.1, 0.15) is 12.1 Å². The Morgan fingerprint density at radius 1 is 0.952 bits per heavy atom. The maximum atomic E-state index is 9.50. The van der Waals surface area contributed by atoms with Crippen LogP contribution in [0, 0.1) is 0 Å². The Labute approximate surface area is 122 Å². The highest BCUT2D eigenvalue weighted by atomic mass is 16.3. The molecule has 4 nitrogen and oxygen atoms in total. The van der Waals surface area contributed by atoms with Crippen LogP contribution in [0.25, 0.3) is 22.4 Å². The number of hydrogen-bond acceptors (Lipinski definition) is 3. The third-order valence-electron chi connectivity index (χ3n) is 3.95. The largest absolute Gasteiger partial charge is 0.508 e. The van der Waals surface area contributed by atoms with Crippen LogP contribution in [-0.4, -0.2) is 19.9 Å². The highest BCUT2D eigenvalue weighted by molar-refractivity contribution is 5.83. The van der Waals surface area contributed by atoms with Gasteiger partial charge in [0.15, 0.2) is 0 Å². The van der Waals surface area contributed by atoms with E-state index in [4.69, 9.17) is 5.10 Å². The molecule has 0 amide bonds. The summed E-state index contributed by atoms with van der Waals surface area (Å²) in [7, 11) is 0. The van der Waals surface area contributed by atoms with Gasteiger partial charge in [-0.05, 0) is 42.7 Å². The summed E-state index contributed by atoms with van der Waals surface area (Å²) in [5.74, 6) is 0.285. The van der Waals surface area contributed by atoms with Crippen molar-refractivity contribution in [1.29, 1.82) is 0 Å². The summed E-state index contributed by atoms with van der Waals surface area (Å²) < 4.78 is 2.11. The van der Waals surface area contributed by atoms with Crippen LogP contribution in [0.2, 0.25) is 0 Å². The molecule has 0 saturated heterocycles. The van der Waals surface area contributed by atoms with Crippen LogP contribution in [-0.2, 0) is 13.0 Å². The average Bonchev–Trinajstić information content (AvgIpc) is 3.10. The lowest BCUT2D eigenvalue weighted by atomic mass is 9.98. The van der Waals surface area contributed by atoms with Crippen LogP contribution >= 0.6 is 0 Å². The minimum atomic E-state index is 0.285. The molecule has 1 N–H and O–H groups in total. The quantitative estimate of drug-likeness (QED) is 0.782. The van der Waals surface area contributed by atoms with E-state index in [1.807, 2.05) is 24.3 Å². The Morgan fingerprint density at radius 3 is 2.48 bits per heavy atom. The van der Waals surface area contributed by atoms with Gasteiger partial charge in [0.05, 0.1) is 0 Å². The van der Waals surface area contributed by atoms with Gasteiger partial charge >= 0.3 is 0 Å². The molecule has 3 heterocycles. The number of hydrogen-bond donors (Lipinski definition) is 1. The molecule has 104 valence electrons. The lowest BCUT2D eigenvalue weighted by Gasteiger charge is -2.05. The van der Waals surface area contributed by atoms with E-state index >= 15 is 0 Å². The first kappa shape index (κ1) is 12.1. The molecule has 0 fully saturated rings. The van der Waals surface area contributed by atoms with E-state index in [-0.39, 0.29) is 5.75 Å². The lowest BCUT2D eigenvalue weighted by Crippen LogP contribution is -1.94. The van der Waals surface area contributed by atoms with Gasteiger partial charge in [0.1, 0.15) is 11.4 Å². The molecule has 4 heteroatoms. The summed E-state index contributed by atoms with van der Waals surface area (Å²) in [5.41, 5.74) is 5.64. The zero-order chi connectivity index (χ0) is 14.2. The van der Waals surface area contributed by atoms with E-state index in [0.717, 1.165) is 36.2 Å². The van der Waals surface area contributed by atoms with Crippen molar-refractivity contribution in [1.82, 2.24) is 14.8 Å². The van der Waals surface area contributed by atoms with Gasteiger partial charge in [-0.15, -0.1) is 0 Å². The number of rotatable bonds is 2. The van der Waals surface area contributed by atoms with E-state index in [1.54, 1.807) is 24.5 Å². The predicted molar refractivity (Wildman–Crippen MR) is 80.9 cm³/mol. The molecule has 0 spiro atoms. The number of pyridine rings is 1. The molecule has 4 rings (SSSR count). The van der Waals surface area contributed by atoms with Crippen molar-refractivity contribution in [2.75, 3.05) is 0 Å². The number of aryl methyl sites for hydroxylation is 1. The highest BCUT2D eigenvalue weighted by Crippen LogP contribution is 2.37. The summed E-state index contributed by atoms with van der Waals surface area (Å²) >= 11 is 0. The van der Waals surface area contributed by atoms with Gasteiger partial charge in [0, 0.05) is 35.8 Å². The van der Waals surface area contributed by atoms with Crippen molar-refractivity contribution in [2.45, 2.75) is 19.4 Å². The molecule has 0 radical (unpaired) electrons. The lowest BCUT2D eigenvalue weighted by molar-refractivity contribution is 0.475. The minimum absolute atomic E-state index is 0.285. The topological polar surface area (TPSA) is 50.9 Å². The number of fused-ring (bicyclic) bond motifs is 1. The maximum absolute atomic E-state index is 9.50. The first-order valence-electron chi connectivity index (χ1n) is 7.12. The standard InChI is InChI=1S/C17H15N3O/c21-14-5-3-12(4-6-14)16-15-2-1-11-20(15)19-17(16)13-7-9-18-10-8-13/h3-10,21H,1-2,11H2. The number of nitrogens with zero attached hydrogens (tertiary/aromatic N) is 3. The molecule has 0 unspecified atom stereocenters. The van der Waals surface area contributed by atoms with Gasteiger partial charge in [-0.25, -0.2) is 0 Å². The minimum Gasteiger partial charge on any atom is -0.508 e. The van der Waals surface area contributed by atoms with Crippen LogP contribution in [0.4, 0.5) is 0 Å². The number of aromatic hydroxyl groups is 1. The molecule has 1 aliphatic heterocycles. The summed E-state index contributed by atoms with van der Waals surface area (Å²) in [6.07, 6.45) is 5.78. The van der Waals surface area contributed by atoms with Crippen molar-refractivity contribution in [3.8, 4) is 28.1 Å². The van der Waals surface area contributed by atoms with Crippen molar-refractivity contribution in [3.63, 3.8) is 0 Å². The number of phenolic OH excluding ortho intramolecular Hbond substituents is 1. The second kappa shape index (κ2) is 4.74. The van der Waals surface area contributed by atoms with Crippen LogP contribution < -0.4 is 0 Å². The average molecular weight is 277 g/mol. The van der Waals surface area contributed by atoms with E-state index < -0.39 is 0 Å². The van der Waals surface area contributed by atoms with Crippen molar-refractivity contribution < 1.29 is 5.11 Å². The third kappa shape index (κ3) is 2.00. The van der Waals surface area contributed by atoms with Gasteiger partial charge in [0.2, 0.25) is 0 Å². The van der Waals surface area contributed by atoms with E-state index in [0.29, 0.717) is 0 Å². The maximum Gasteiger partial charge on any atom is 0.115 e. The van der Waals surface area contributed by atoms with Gasteiger partial charge in [0.25, 0.3) is 0 Å². The summed E-state index contributed by atoms with van der Waals surface area (Å²) in [5, 5.41) is 14.3. The molecule has 21 heavy (non-hydrogen) atoms. The normalized spacial score (nSPS) is 13.3. The smallest absolute Gasteiger partial charge is 0.115 e. The van der Waals surface area contributed by atoms with Gasteiger partial charge in [-0.1, -0.05) is 12.1 Å². The highest BCUT2D eigenvalue weighted by Gasteiger charge is 2.23. The number of benzene rings is 1. The molecular formula is C17H15N3O. The second-order valence-electron chi connectivity index (χ2n) is 5.28. The number of aromatic nitrogens is 3. The van der Waals surface area contributed by atoms with Crippen LogP contribution in [0.5, 0.6) is 5.75 Å². The van der Waals surface area contributed by atoms with Crippen molar-refractivity contribution >= 4 is 0 Å². The predicted octanol–water partition coefficient (Wildman–Crippen LogP) is 3.26. The van der Waals surface area contributed by atoms with Crippen LogP contribution in [0.3, 0.4) is 0 Å². The Kier molecular flexibility index (Phi) is 2.74. The Bertz CT molecular complexity index is 776. The zero-order valence-electron chi connectivity index (χ0n) is 11.5. The summed E-state index contributed by atoms with van der Waals surface area (Å²) in [6, 6.07) is 11.3. The van der Waals surface area contributed by atoms with Gasteiger partial charge in [-0.3, -0.25) is 9.67 Å². The summed E-state index contributed by atoms with van der Waals surface area (Å²) in [4.78, 5) is 4.08. The monoisotopic (exact) mass is 277 g/mol. The zero-order valence-corrected chi connectivity index (χ0v) is 11.5. The Balaban J connectivity index is 1.94. The van der Waals surface area contributed by atoms with E-state index in [2.05, 4.69) is 9.67 Å². The molecule has 3 aromatic rings. The summed E-state index contributed by atoms with van der Waals surface area (Å²) in [6.45, 7) is 0.978.